The molecule has 2 heterocycles. The number of ether oxygens (including phenoxy) is 3. The fourth-order valence-electron chi connectivity index (χ4n) is 5.88. The minimum absolute atomic E-state index is 0.161. The Morgan fingerprint density at radius 1 is 1.12 bits per heavy atom. The van der Waals surface area contributed by atoms with Gasteiger partial charge in [-0.3, -0.25) is 9.69 Å². The van der Waals surface area contributed by atoms with Crippen LogP contribution < -0.4 is 10.5 Å². The predicted octanol–water partition coefficient (Wildman–Crippen LogP) is 2.60. The molecule has 1 unspecified atom stereocenters. The quantitative estimate of drug-likeness (QED) is 0.567. The monoisotopic (exact) mass is 469 g/mol. The van der Waals surface area contributed by atoms with Crippen LogP contribution in [0.4, 0.5) is 0 Å². The number of amides is 1. The molecular formula is C26H35N3O5. The van der Waals surface area contributed by atoms with Crippen LogP contribution in [-0.4, -0.2) is 67.4 Å². The minimum Gasteiger partial charge on any atom is -0.481 e. The van der Waals surface area contributed by atoms with Crippen molar-refractivity contribution in [2.75, 3.05) is 46.1 Å². The number of benzene rings is 1. The fraction of sp³-hybridized carbons (Fsp3) is 0.615. The first-order chi connectivity index (χ1) is 16.6. The van der Waals surface area contributed by atoms with Gasteiger partial charge in [0.15, 0.2) is 6.61 Å². The van der Waals surface area contributed by atoms with E-state index in [4.69, 9.17) is 19.9 Å². The maximum Gasteiger partial charge on any atom is 0.344 e. The van der Waals surface area contributed by atoms with Gasteiger partial charge >= 0.3 is 5.97 Å². The minimum atomic E-state index is -0.390. The molecule has 0 bridgehead atoms. The third kappa shape index (κ3) is 4.79. The molecule has 1 atom stereocenters. The Hall–Kier alpha value is -2.58. The number of primary amides is 1. The number of hydrogen-bond acceptors (Lipinski definition) is 6. The van der Waals surface area contributed by atoms with Crippen molar-refractivity contribution >= 4 is 22.8 Å². The Labute approximate surface area is 200 Å². The standard InChI is InChI=1S/C26H35N3O5/c27-26(31)19-8-9-21-24(19)25-20(29(21)16-18-4-1-2-5-18)6-3-7-22(25)34-17-23(30)33-15-12-28-10-13-32-14-11-28/h3,6-7,18-19H,1-2,4-5,8-17H2,(H2,27,31). The molecule has 2 aliphatic carbocycles. The lowest BCUT2D eigenvalue weighted by Gasteiger charge is -2.26. The highest BCUT2D eigenvalue weighted by Crippen LogP contribution is 2.45. The van der Waals surface area contributed by atoms with Gasteiger partial charge in [0, 0.05) is 37.3 Å². The Bertz CT molecular complexity index is 1040. The van der Waals surface area contributed by atoms with Crippen molar-refractivity contribution in [2.45, 2.75) is 51.0 Å². The van der Waals surface area contributed by atoms with E-state index in [-0.39, 0.29) is 18.4 Å². The van der Waals surface area contributed by atoms with E-state index in [1.807, 2.05) is 12.1 Å². The van der Waals surface area contributed by atoms with Crippen molar-refractivity contribution in [2.24, 2.45) is 11.7 Å². The van der Waals surface area contributed by atoms with Crippen LogP contribution in [0.2, 0.25) is 0 Å². The summed E-state index contributed by atoms with van der Waals surface area (Å²) >= 11 is 0. The molecule has 1 aromatic heterocycles. The van der Waals surface area contributed by atoms with Gasteiger partial charge in [-0.05, 0) is 49.3 Å². The first-order valence-electron chi connectivity index (χ1n) is 12.6. The predicted molar refractivity (Wildman–Crippen MR) is 128 cm³/mol. The zero-order chi connectivity index (χ0) is 23.5. The van der Waals surface area contributed by atoms with E-state index in [1.54, 1.807) is 0 Å². The van der Waals surface area contributed by atoms with Crippen LogP contribution in [0.1, 0.15) is 49.3 Å². The normalized spacial score (nSPS) is 21.1. The van der Waals surface area contributed by atoms with E-state index in [9.17, 15) is 9.59 Å². The van der Waals surface area contributed by atoms with Crippen LogP contribution in [0.5, 0.6) is 5.75 Å². The first-order valence-corrected chi connectivity index (χ1v) is 12.6. The molecule has 0 radical (unpaired) electrons. The Kier molecular flexibility index (Phi) is 7.06. The number of fused-ring (bicyclic) bond motifs is 3. The summed E-state index contributed by atoms with van der Waals surface area (Å²) in [5.74, 6) is 0.290. The van der Waals surface area contributed by atoms with E-state index in [1.165, 1.54) is 31.4 Å². The third-order valence-corrected chi connectivity index (χ3v) is 7.60. The summed E-state index contributed by atoms with van der Waals surface area (Å²) in [4.78, 5) is 26.9. The number of aromatic nitrogens is 1. The number of carbonyl (C=O) groups excluding carboxylic acids is 2. The smallest absolute Gasteiger partial charge is 0.344 e. The first kappa shape index (κ1) is 23.2. The molecule has 2 N–H and O–H groups in total. The van der Waals surface area contributed by atoms with Crippen LogP contribution in [0.25, 0.3) is 10.9 Å². The molecule has 1 saturated carbocycles. The van der Waals surface area contributed by atoms with Gasteiger partial charge in [0.05, 0.1) is 24.6 Å². The summed E-state index contributed by atoms with van der Waals surface area (Å²) in [6.07, 6.45) is 6.65. The molecule has 34 heavy (non-hydrogen) atoms. The fourth-order valence-corrected chi connectivity index (χ4v) is 5.88. The highest BCUT2D eigenvalue weighted by molar-refractivity contribution is 5.97. The molecule has 1 aromatic carbocycles. The number of nitrogens with zero attached hydrogens (tertiary/aromatic N) is 2. The average molecular weight is 470 g/mol. The van der Waals surface area contributed by atoms with Crippen LogP contribution in [0.15, 0.2) is 18.2 Å². The highest BCUT2D eigenvalue weighted by atomic mass is 16.6. The van der Waals surface area contributed by atoms with E-state index >= 15 is 0 Å². The molecule has 8 nitrogen and oxygen atoms in total. The molecule has 1 aliphatic heterocycles. The zero-order valence-corrected chi connectivity index (χ0v) is 19.8. The van der Waals surface area contributed by atoms with Crippen molar-refractivity contribution in [1.82, 2.24) is 9.47 Å². The van der Waals surface area contributed by atoms with Gasteiger partial charge in [-0.2, -0.15) is 0 Å². The third-order valence-electron chi connectivity index (χ3n) is 7.60. The van der Waals surface area contributed by atoms with Crippen LogP contribution in [0, 0.1) is 5.92 Å². The lowest BCUT2D eigenvalue weighted by Crippen LogP contribution is -2.38. The van der Waals surface area contributed by atoms with E-state index in [2.05, 4.69) is 15.5 Å². The number of carbonyl (C=O) groups is 2. The van der Waals surface area contributed by atoms with Gasteiger partial charge in [0.1, 0.15) is 12.4 Å². The number of nitrogens with two attached hydrogens (primary N) is 1. The molecule has 1 saturated heterocycles. The molecule has 3 aliphatic rings. The maximum absolute atomic E-state index is 12.4. The summed E-state index contributed by atoms with van der Waals surface area (Å²) in [5.41, 5.74) is 9.06. The number of morpholine rings is 1. The van der Waals surface area contributed by atoms with Gasteiger partial charge in [-0.25, -0.2) is 4.79 Å². The number of hydrogen-bond donors (Lipinski definition) is 1. The molecular weight excluding hydrogens is 434 g/mol. The molecule has 8 heteroatoms. The second kappa shape index (κ2) is 10.4. The summed E-state index contributed by atoms with van der Waals surface area (Å²) in [6.45, 7) is 5.00. The van der Waals surface area contributed by atoms with Gasteiger partial charge in [-0.15, -0.1) is 0 Å². The van der Waals surface area contributed by atoms with Crippen LogP contribution in [0.3, 0.4) is 0 Å². The second-order valence-corrected chi connectivity index (χ2v) is 9.73. The topological polar surface area (TPSA) is 96.0 Å². The molecule has 0 spiro atoms. The lowest BCUT2D eigenvalue weighted by atomic mass is 9.99. The Balaban J connectivity index is 1.32. The molecule has 1 amide bonds. The van der Waals surface area contributed by atoms with Crippen molar-refractivity contribution < 1.29 is 23.8 Å². The largest absolute Gasteiger partial charge is 0.481 e. The average Bonchev–Trinajstić information content (AvgIpc) is 3.57. The van der Waals surface area contributed by atoms with Gasteiger partial charge in [0.25, 0.3) is 0 Å². The van der Waals surface area contributed by atoms with Crippen molar-refractivity contribution in [1.29, 1.82) is 0 Å². The van der Waals surface area contributed by atoms with Crippen LogP contribution >= 0.6 is 0 Å². The highest BCUT2D eigenvalue weighted by Gasteiger charge is 2.35. The second-order valence-electron chi connectivity index (χ2n) is 9.73. The number of esters is 1. The Morgan fingerprint density at radius 3 is 2.68 bits per heavy atom. The molecule has 2 aromatic rings. The SMILES string of the molecule is NC(=O)C1CCc2c1c1c(OCC(=O)OCCN3CCOCC3)cccc1n2CC1CCCC1. The lowest BCUT2D eigenvalue weighted by molar-refractivity contribution is -0.146. The summed E-state index contributed by atoms with van der Waals surface area (Å²) in [5, 5.41) is 0.929. The van der Waals surface area contributed by atoms with Crippen LogP contribution in [-0.2, 0) is 32.0 Å². The molecule has 184 valence electrons. The van der Waals surface area contributed by atoms with Crippen molar-refractivity contribution in [3.63, 3.8) is 0 Å². The van der Waals surface area contributed by atoms with Gasteiger partial charge in [-0.1, -0.05) is 18.9 Å². The van der Waals surface area contributed by atoms with Crippen molar-refractivity contribution in [3.8, 4) is 5.75 Å². The summed E-state index contributed by atoms with van der Waals surface area (Å²) in [7, 11) is 0. The van der Waals surface area contributed by atoms with Crippen molar-refractivity contribution in [3.05, 3.63) is 29.5 Å². The van der Waals surface area contributed by atoms with E-state index in [0.717, 1.165) is 62.2 Å². The molecule has 2 fully saturated rings. The van der Waals surface area contributed by atoms with E-state index in [0.29, 0.717) is 24.8 Å². The molecule has 5 rings (SSSR count). The number of rotatable bonds is 9. The maximum atomic E-state index is 12.4. The van der Waals surface area contributed by atoms with Gasteiger partial charge < -0.3 is 24.5 Å². The Morgan fingerprint density at radius 2 is 1.91 bits per heavy atom. The van der Waals surface area contributed by atoms with E-state index < -0.39 is 5.97 Å². The summed E-state index contributed by atoms with van der Waals surface area (Å²) < 4.78 is 19.1. The summed E-state index contributed by atoms with van der Waals surface area (Å²) in [6, 6.07) is 5.93. The zero-order valence-electron chi connectivity index (χ0n) is 19.8. The van der Waals surface area contributed by atoms with Gasteiger partial charge in [0.2, 0.25) is 5.91 Å².